The van der Waals surface area contributed by atoms with Gasteiger partial charge in [0.25, 0.3) is 5.56 Å². The third-order valence-electron chi connectivity index (χ3n) is 6.29. The molecular weight excluding hydrogens is 414 g/mol. The number of aromatic nitrogens is 4. The van der Waals surface area contributed by atoms with Crippen LogP contribution in [-0.4, -0.2) is 25.1 Å². The molecule has 1 N–H and O–H groups in total. The van der Waals surface area contributed by atoms with E-state index in [4.69, 9.17) is 4.74 Å². The fourth-order valence-electron chi connectivity index (χ4n) is 4.62. The summed E-state index contributed by atoms with van der Waals surface area (Å²) in [6, 6.07) is 13.5. The Bertz CT molecular complexity index is 1530. The van der Waals surface area contributed by atoms with Crippen LogP contribution in [0.4, 0.5) is 0 Å². The van der Waals surface area contributed by atoms with Gasteiger partial charge < -0.3 is 19.0 Å². The summed E-state index contributed by atoms with van der Waals surface area (Å²) in [6.07, 6.45) is 8.45. The lowest BCUT2D eigenvalue weighted by molar-refractivity contribution is 0.304. The second kappa shape index (κ2) is 8.26. The summed E-state index contributed by atoms with van der Waals surface area (Å²) in [5.74, 6) is 0.554. The molecule has 0 saturated carbocycles. The topological polar surface area (TPSA) is 65.5 Å². The summed E-state index contributed by atoms with van der Waals surface area (Å²) in [6.45, 7) is 2.28. The van der Waals surface area contributed by atoms with Gasteiger partial charge in [0.2, 0.25) is 0 Å². The summed E-state index contributed by atoms with van der Waals surface area (Å²) in [5.41, 5.74) is 6.53. The van der Waals surface area contributed by atoms with Crippen molar-refractivity contribution in [1.29, 1.82) is 0 Å². The van der Waals surface area contributed by atoms with Crippen LogP contribution in [0.5, 0.6) is 5.75 Å². The van der Waals surface area contributed by atoms with Crippen LogP contribution in [0.25, 0.3) is 22.2 Å². The highest BCUT2D eigenvalue weighted by atomic mass is 16.5. The van der Waals surface area contributed by atoms with Crippen molar-refractivity contribution in [3.8, 4) is 11.4 Å². The van der Waals surface area contributed by atoms with Crippen molar-refractivity contribution in [2.45, 2.75) is 27.0 Å². The molecule has 1 aliphatic heterocycles. The lowest BCUT2D eigenvalue weighted by atomic mass is 10.1. The van der Waals surface area contributed by atoms with Crippen LogP contribution in [0.1, 0.15) is 24.2 Å². The van der Waals surface area contributed by atoms with E-state index in [9.17, 15) is 4.79 Å². The number of fused-ring (bicyclic) bond motifs is 4. The summed E-state index contributed by atoms with van der Waals surface area (Å²) in [5, 5.41) is 4.70. The van der Waals surface area contributed by atoms with Crippen LogP contribution >= 0.6 is 0 Å². The number of benzene rings is 1. The molecule has 0 unspecified atom stereocenters. The molecule has 0 atom stereocenters. The third-order valence-corrected chi connectivity index (χ3v) is 6.29. The van der Waals surface area contributed by atoms with Gasteiger partial charge >= 0.3 is 0 Å². The fourth-order valence-corrected chi connectivity index (χ4v) is 4.62. The van der Waals surface area contributed by atoms with Crippen molar-refractivity contribution in [2.75, 3.05) is 6.54 Å². The molecular formula is C26H27N5O2. The smallest absolute Gasteiger partial charge is 0.258 e. The number of nitrogens with one attached hydrogen (secondary N) is 1. The Balaban J connectivity index is 0.00000228. The van der Waals surface area contributed by atoms with Crippen molar-refractivity contribution in [3.05, 3.63) is 94.4 Å². The van der Waals surface area contributed by atoms with Gasteiger partial charge in [0.15, 0.2) is 0 Å². The first-order valence-electron chi connectivity index (χ1n) is 10.8. The van der Waals surface area contributed by atoms with Crippen LogP contribution in [0, 0.1) is 0 Å². The van der Waals surface area contributed by atoms with Gasteiger partial charge in [-0.1, -0.05) is 19.6 Å². The van der Waals surface area contributed by atoms with E-state index >= 15 is 0 Å². The Labute approximate surface area is 191 Å². The first kappa shape index (κ1) is 21.0. The number of aryl methyl sites for hydroxylation is 1. The molecule has 0 amide bonds. The van der Waals surface area contributed by atoms with Gasteiger partial charge in [0.05, 0.1) is 11.2 Å². The average Bonchev–Trinajstić information content (AvgIpc) is 3.40. The zero-order chi connectivity index (χ0) is 21.7. The number of nitrogens with zero attached hydrogens (tertiary/aromatic N) is 4. The van der Waals surface area contributed by atoms with E-state index in [0.29, 0.717) is 12.4 Å². The monoisotopic (exact) mass is 441 g/mol. The van der Waals surface area contributed by atoms with Crippen LogP contribution in [0.2, 0.25) is 0 Å². The van der Waals surface area contributed by atoms with E-state index in [2.05, 4.69) is 34.0 Å². The van der Waals surface area contributed by atoms with Crippen molar-refractivity contribution in [2.24, 2.45) is 7.05 Å². The second-order valence-electron chi connectivity index (χ2n) is 8.20. The van der Waals surface area contributed by atoms with Gasteiger partial charge in [-0.3, -0.25) is 9.36 Å². The normalized spacial score (nSPS) is 13.1. The second-order valence-corrected chi connectivity index (χ2v) is 8.20. The number of rotatable bonds is 4. The Hall–Kier alpha value is -3.84. The molecule has 1 aliphatic rings. The molecule has 7 nitrogen and oxygen atoms in total. The number of ether oxygens (including phenoxy) is 1. The van der Waals surface area contributed by atoms with Gasteiger partial charge in [0.1, 0.15) is 18.0 Å². The van der Waals surface area contributed by atoms with Gasteiger partial charge in [0, 0.05) is 74.1 Å². The fraction of sp³-hybridized carbons (Fsp3) is 0.231. The molecule has 4 aromatic heterocycles. The highest BCUT2D eigenvalue weighted by Gasteiger charge is 2.18. The van der Waals surface area contributed by atoms with Crippen LogP contribution in [-0.2, 0) is 26.6 Å². The number of hydrogen-bond acceptors (Lipinski definition) is 4. The van der Waals surface area contributed by atoms with E-state index < -0.39 is 0 Å². The van der Waals surface area contributed by atoms with Crippen molar-refractivity contribution in [1.82, 2.24) is 23.8 Å². The van der Waals surface area contributed by atoms with E-state index in [-0.39, 0.29) is 13.0 Å². The maximum Gasteiger partial charge on any atom is 0.258 e. The van der Waals surface area contributed by atoms with Gasteiger partial charge in [-0.05, 0) is 29.8 Å². The number of hydrogen-bond donors (Lipinski definition) is 1. The first-order chi connectivity index (χ1) is 15.7. The third kappa shape index (κ3) is 3.60. The molecule has 0 saturated heterocycles. The zero-order valence-corrected chi connectivity index (χ0v) is 17.8. The number of imidazole rings is 1. The predicted octanol–water partition coefficient (Wildman–Crippen LogP) is 3.84. The lowest BCUT2D eigenvalue weighted by Gasteiger charge is -2.14. The minimum Gasteiger partial charge on any atom is -0.489 e. The summed E-state index contributed by atoms with van der Waals surface area (Å²) < 4.78 is 11.7. The van der Waals surface area contributed by atoms with Gasteiger partial charge in [-0.2, -0.15) is 0 Å². The van der Waals surface area contributed by atoms with Gasteiger partial charge in [-0.25, -0.2) is 4.98 Å². The van der Waals surface area contributed by atoms with Crippen molar-refractivity contribution in [3.63, 3.8) is 0 Å². The highest BCUT2D eigenvalue weighted by molar-refractivity contribution is 5.87. The largest absolute Gasteiger partial charge is 0.489 e. The highest BCUT2D eigenvalue weighted by Crippen LogP contribution is 2.29. The van der Waals surface area contributed by atoms with E-state index in [1.54, 1.807) is 23.0 Å². The summed E-state index contributed by atoms with van der Waals surface area (Å²) in [7, 11) is 2.11. The summed E-state index contributed by atoms with van der Waals surface area (Å²) in [4.78, 5) is 17.1. The van der Waals surface area contributed by atoms with Gasteiger partial charge in [-0.15, -0.1) is 0 Å². The molecule has 6 rings (SSSR count). The molecule has 0 spiro atoms. The van der Waals surface area contributed by atoms with Crippen LogP contribution < -0.4 is 15.6 Å². The maximum absolute atomic E-state index is 12.9. The molecule has 0 aliphatic carbocycles. The number of pyridine rings is 2. The zero-order valence-electron chi connectivity index (χ0n) is 17.8. The minimum absolute atomic E-state index is 0. The minimum atomic E-state index is -0.118. The predicted molar refractivity (Wildman–Crippen MR) is 130 cm³/mol. The quantitative estimate of drug-likeness (QED) is 0.460. The molecule has 1 aromatic carbocycles. The van der Waals surface area contributed by atoms with Crippen molar-refractivity contribution < 1.29 is 4.74 Å². The summed E-state index contributed by atoms with van der Waals surface area (Å²) >= 11 is 0. The van der Waals surface area contributed by atoms with E-state index in [0.717, 1.165) is 41.9 Å². The van der Waals surface area contributed by atoms with Crippen LogP contribution in [0.3, 0.4) is 0 Å². The standard InChI is InChI=1S/C25H23N5O2.CH4/c1-28-22-6-8-26-14-21(22)20-4-3-18(12-23(20)28)30-10-7-19(13-25(30)31)32-16-17-2-5-24-27-9-11-29(24)15-17;/h2-5,7,9-13,15,26H,6,8,14,16H2,1H3;1H4. The molecule has 0 bridgehead atoms. The van der Waals surface area contributed by atoms with Crippen molar-refractivity contribution >= 4 is 16.6 Å². The Morgan fingerprint density at radius 2 is 2.03 bits per heavy atom. The molecule has 7 heteroatoms. The van der Waals surface area contributed by atoms with Crippen LogP contribution in [0.15, 0.2) is 72.0 Å². The average molecular weight is 442 g/mol. The maximum atomic E-state index is 12.9. The Morgan fingerprint density at radius 1 is 1.12 bits per heavy atom. The lowest BCUT2D eigenvalue weighted by Crippen LogP contribution is -2.24. The molecule has 0 radical (unpaired) electrons. The molecule has 5 aromatic rings. The Kier molecular flexibility index (Phi) is 5.26. The van der Waals surface area contributed by atoms with E-state index in [1.807, 2.05) is 41.1 Å². The molecule has 5 heterocycles. The Morgan fingerprint density at radius 3 is 2.91 bits per heavy atom. The molecule has 0 fully saturated rings. The van der Waals surface area contributed by atoms with E-state index in [1.165, 1.54) is 16.6 Å². The first-order valence-corrected chi connectivity index (χ1v) is 10.8. The molecule has 33 heavy (non-hydrogen) atoms. The molecule has 168 valence electrons. The SMILES string of the molecule is C.Cn1c2c(c3ccc(-n4ccc(OCc5ccc6nccn6c5)cc4=O)cc31)CNCC2.